The van der Waals surface area contributed by atoms with Crippen molar-refractivity contribution in [2.45, 2.75) is 39.2 Å². The maximum atomic E-state index is 3.95. The Hall–Kier alpha value is -5.02. The Morgan fingerprint density at radius 1 is 0.721 bits per heavy atom. The molecule has 6 aromatic rings. The lowest BCUT2D eigenvalue weighted by Crippen LogP contribution is -2.41. The standard InChI is InChI=1S/C38H29N3.C2H6/c1-38(2)29-18-9-11-20-32(29)41(34-23-28(24-13-4-3-5-14-24)25-15-8-10-19-30(25)39-34)37-35(38)33-22-12-21-31-26-16-6-7-17-27(26)36(37)40(31)33;1-2/h3-23,30,39H,1-2H3;1-2H3. The molecule has 210 valence electrons. The highest BCUT2D eigenvalue weighted by Crippen LogP contribution is 2.56. The molecule has 0 spiro atoms. The molecule has 3 aliphatic rings. The van der Waals surface area contributed by atoms with Crippen molar-refractivity contribution in [3.05, 3.63) is 156 Å². The molecule has 1 N–H and O–H groups in total. The van der Waals surface area contributed by atoms with E-state index in [2.05, 4.69) is 156 Å². The third kappa shape index (κ3) is 3.48. The first-order valence-electron chi connectivity index (χ1n) is 15.4. The molecular weight excluding hydrogens is 522 g/mol. The van der Waals surface area contributed by atoms with Crippen LogP contribution >= 0.6 is 0 Å². The molecule has 0 radical (unpaired) electrons. The zero-order valence-corrected chi connectivity index (χ0v) is 25.1. The van der Waals surface area contributed by atoms with Gasteiger partial charge in [-0.25, -0.2) is 0 Å². The number of benzene rings is 3. The van der Waals surface area contributed by atoms with Gasteiger partial charge in [-0.15, -0.1) is 0 Å². The van der Waals surface area contributed by atoms with E-state index < -0.39 is 0 Å². The average Bonchev–Trinajstić information content (AvgIpc) is 3.59. The third-order valence-electron chi connectivity index (χ3n) is 9.30. The highest BCUT2D eigenvalue weighted by molar-refractivity contribution is 6.17. The van der Waals surface area contributed by atoms with Crippen LogP contribution in [0, 0.1) is 0 Å². The first-order chi connectivity index (χ1) is 21.1. The molecule has 2 aliphatic heterocycles. The van der Waals surface area contributed by atoms with E-state index in [9.17, 15) is 0 Å². The smallest absolute Gasteiger partial charge is 0.112 e. The Bertz CT molecular complexity index is 2150. The van der Waals surface area contributed by atoms with Gasteiger partial charge in [-0.05, 0) is 46.5 Å². The minimum absolute atomic E-state index is 0.0919. The zero-order valence-electron chi connectivity index (χ0n) is 25.1. The average molecular weight is 558 g/mol. The van der Waals surface area contributed by atoms with Crippen LogP contribution in [0.2, 0.25) is 0 Å². The van der Waals surface area contributed by atoms with Crippen molar-refractivity contribution < 1.29 is 0 Å². The molecule has 0 bridgehead atoms. The van der Waals surface area contributed by atoms with E-state index in [0.29, 0.717) is 0 Å². The van der Waals surface area contributed by atoms with E-state index in [1.54, 1.807) is 0 Å². The van der Waals surface area contributed by atoms with Gasteiger partial charge in [0.05, 0.1) is 34.0 Å². The Balaban J connectivity index is 0.00000136. The number of rotatable bonds is 2. The van der Waals surface area contributed by atoms with E-state index in [0.717, 1.165) is 5.82 Å². The van der Waals surface area contributed by atoms with Crippen LogP contribution in [-0.4, -0.2) is 10.4 Å². The number of nitrogens with one attached hydrogen (secondary N) is 1. The van der Waals surface area contributed by atoms with E-state index >= 15 is 0 Å². The van der Waals surface area contributed by atoms with Gasteiger partial charge in [-0.3, -0.25) is 4.90 Å². The Labute approximate surface area is 253 Å². The number of dihydropyridines is 1. The van der Waals surface area contributed by atoms with Crippen LogP contribution in [0.1, 0.15) is 44.4 Å². The molecule has 0 fully saturated rings. The largest absolute Gasteiger partial charge is 0.361 e. The molecule has 43 heavy (non-hydrogen) atoms. The van der Waals surface area contributed by atoms with Crippen molar-refractivity contribution in [3.8, 4) is 0 Å². The summed E-state index contributed by atoms with van der Waals surface area (Å²) in [6.07, 6.45) is 11.2. The van der Waals surface area contributed by atoms with Gasteiger partial charge in [0.1, 0.15) is 5.82 Å². The molecule has 5 heterocycles. The minimum Gasteiger partial charge on any atom is -0.361 e. The number of hydrogen-bond donors (Lipinski definition) is 1. The predicted octanol–water partition coefficient (Wildman–Crippen LogP) is 9.88. The summed E-state index contributed by atoms with van der Waals surface area (Å²) in [7, 11) is 0. The number of pyridine rings is 1. The van der Waals surface area contributed by atoms with Gasteiger partial charge in [0, 0.05) is 21.8 Å². The Morgan fingerprint density at radius 3 is 2.28 bits per heavy atom. The molecule has 0 amide bonds. The fourth-order valence-electron chi connectivity index (χ4n) is 7.54. The minimum atomic E-state index is -0.178. The van der Waals surface area contributed by atoms with E-state index in [1.165, 1.54) is 66.5 Å². The number of para-hydroxylation sites is 1. The van der Waals surface area contributed by atoms with Crippen molar-refractivity contribution in [2.24, 2.45) is 0 Å². The summed E-state index contributed by atoms with van der Waals surface area (Å²) in [4.78, 5) is 2.51. The van der Waals surface area contributed by atoms with Gasteiger partial charge in [-0.2, -0.15) is 0 Å². The first kappa shape index (κ1) is 25.7. The third-order valence-corrected chi connectivity index (χ3v) is 9.30. The molecule has 1 atom stereocenters. The summed E-state index contributed by atoms with van der Waals surface area (Å²) in [5, 5.41) is 6.54. The predicted molar refractivity (Wildman–Crippen MR) is 182 cm³/mol. The van der Waals surface area contributed by atoms with E-state index in [-0.39, 0.29) is 11.5 Å². The lowest BCUT2D eigenvalue weighted by atomic mass is 9.73. The molecule has 0 saturated heterocycles. The molecule has 1 aliphatic carbocycles. The van der Waals surface area contributed by atoms with Gasteiger partial charge >= 0.3 is 0 Å². The highest BCUT2D eigenvalue weighted by atomic mass is 15.3. The van der Waals surface area contributed by atoms with Crippen LogP contribution in [0.5, 0.6) is 0 Å². The number of nitrogens with zero attached hydrogens (tertiary/aromatic N) is 2. The van der Waals surface area contributed by atoms with Gasteiger partial charge < -0.3 is 9.72 Å². The van der Waals surface area contributed by atoms with Crippen LogP contribution in [0.25, 0.3) is 32.9 Å². The number of anilines is 2. The summed E-state index contributed by atoms with van der Waals surface area (Å²) in [6, 6.07) is 35.5. The SMILES string of the molecule is CC.CC1(C)c2ccccc2N(C2=CC(c3ccccc3)=C3C=CC=CC3N2)c2c1c1cccc3c4ccccc4c2n13. The lowest BCUT2D eigenvalue weighted by Gasteiger charge is -2.43. The fraction of sp³-hybridized carbons (Fsp3) is 0.150. The van der Waals surface area contributed by atoms with E-state index in [4.69, 9.17) is 0 Å². The fourth-order valence-corrected chi connectivity index (χ4v) is 7.54. The second-order valence-corrected chi connectivity index (χ2v) is 11.9. The molecule has 1 unspecified atom stereocenters. The number of hydrogen-bond acceptors (Lipinski definition) is 2. The van der Waals surface area contributed by atoms with Gasteiger partial charge in [0.25, 0.3) is 0 Å². The van der Waals surface area contributed by atoms with Crippen molar-refractivity contribution in [1.29, 1.82) is 0 Å². The Morgan fingerprint density at radius 2 is 1.44 bits per heavy atom. The lowest BCUT2D eigenvalue weighted by molar-refractivity contribution is 0.630. The summed E-state index contributed by atoms with van der Waals surface area (Å²) < 4.78 is 2.50. The van der Waals surface area contributed by atoms with Gasteiger partial charge in [-0.1, -0.05) is 131 Å². The number of allylic oxidation sites excluding steroid dienone is 4. The monoisotopic (exact) mass is 557 g/mol. The van der Waals surface area contributed by atoms with Crippen molar-refractivity contribution in [3.63, 3.8) is 0 Å². The maximum absolute atomic E-state index is 3.95. The van der Waals surface area contributed by atoms with Crippen LogP contribution in [-0.2, 0) is 5.41 Å². The normalized spacial score (nSPS) is 18.2. The van der Waals surface area contributed by atoms with Crippen LogP contribution in [0.3, 0.4) is 0 Å². The summed E-state index contributed by atoms with van der Waals surface area (Å²) in [5.41, 5.74) is 12.7. The quantitative estimate of drug-likeness (QED) is 0.229. The topological polar surface area (TPSA) is 19.7 Å². The van der Waals surface area contributed by atoms with Crippen molar-refractivity contribution in [1.82, 2.24) is 9.72 Å². The molecule has 3 nitrogen and oxygen atoms in total. The number of aromatic nitrogens is 1. The molecule has 3 aromatic heterocycles. The molecule has 9 rings (SSSR count). The summed E-state index contributed by atoms with van der Waals surface area (Å²) >= 11 is 0. The van der Waals surface area contributed by atoms with Gasteiger partial charge in [0.15, 0.2) is 0 Å². The van der Waals surface area contributed by atoms with Crippen molar-refractivity contribution >= 4 is 44.3 Å². The second-order valence-electron chi connectivity index (χ2n) is 11.9. The maximum Gasteiger partial charge on any atom is 0.112 e. The first-order valence-corrected chi connectivity index (χ1v) is 15.4. The zero-order chi connectivity index (χ0) is 29.3. The second kappa shape index (κ2) is 9.50. The molecule has 0 saturated carbocycles. The van der Waals surface area contributed by atoms with Crippen molar-refractivity contribution in [2.75, 3.05) is 4.90 Å². The van der Waals surface area contributed by atoms with Crippen LogP contribution in [0.15, 0.2) is 139 Å². The summed E-state index contributed by atoms with van der Waals surface area (Å²) in [5.74, 6) is 1.10. The van der Waals surface area contributed by atoms with Gasteiger partial charge in [0.2, 0.25) is 0 Å². The molecule has 3 aromatic carbocycles. The van der Waals surface area contributed by atoms with E-state index in [1.807, 2.05) is 13.8 Å². The number of fused-ring (bicyclic) bond motifs is 8. The summed E-state index contributed by atoms with van der Waals surface area (Å²) in [6.45, 7) is 8.77. The molecular formula is C40H35N3. The van der Waals surface area contributed by atoms with Crippen LogP contribution < -0.4 is 10.2 Å². The Kier molecular flexibility index (Phi) is 5.67. The highest BCUT2D eigenvalue weighted by Gasteiger charge is 2.43. The molecule has 3 heteroatoms. The van der Waals surface area contributed by atoms with Crippen LogP contribution in [0.4, 0.5) is 11.4 Å².